The first-order valence-corrected chi connectivity index (χ1v) is 8.30. The van der Waals surface area contributed by atoms with E-state index in [2.05, 4.69) is 10.1 Å². The summed E-state index contributed by atoms with van der Waals surface area (Å²) in [6.07, 6.45) is 1.69. The largest absolute Gasteiger partial charge is 0.433 e. The minimum atomic E-state index is -3.02. The Labute approximate surface area is 150 Å². The van der Waals surface area contributed by atoms with E-state index in [0.29, 0.717) is 4.90 Å². The topological polar surface area (TPSA) is 81.5 Å². The SMILES string of the molecule is CSc1ccc(C(=O)Nc2ccc(OC(F)F)c(Cl)c2)cc1[N+](=O)[O-]. The van der Waals surface area contributed by atoms with Gasteiger partial charge in [-0.15, -0.1) is 11.8 Å². The van der Waals surface area contributed by atoms with Gasteiger partial charge in [0.15, 0.2) is 0 Å². The molecule has 0 aliphatic heterocycles. The van der Waals surface area contributed by atoms with Crippen LogP contribution in [0.15, 0.2) is 41.3 Å². The molecular weight excluding hydrogens is 378 g/mol. The molecule has 0 heterocycles. The maximum absolute atomic E-state index is 12.2. The maximum atomic E-state index is 12.2. The minimum absolute atomic E-state index is 0.0773. The van der Waals surface area contributed by atoms with Crippen molar-refractivity contribution in [2.75, 3.05) is 11.6 Å². The van der Waals surface area contributed by atoms with E-state index in [1.807, 2.05) is 0 Å². The minimum Gasteiger partial charge on any atom is -0.433 e. The Hall–Kier alpha value is -2.39. The lowest BCUT2D eigenvalue weighted by Gasteiger charge is -2.10. The van der Waals surface area contributed by atoms with Crippen molar-refractivity contribution in [2.45, 2.75) is 11.5 Å². The zero-order valence-electron chi connectivity index (χ0n) is 12.7. The molecule has 2 aromatic rings. The van der Waals surface area contributed by atoms with E-state index in [1.54, 1.807) is 6.26 Å². The highest BCUT2D eigenvalue weighted by Crippen LogP contribution is 2.30. The molecule has 0 radical (unpaired) electrons. The van der Waals surface area contributed by atoms with Crippen LogP contribution >= 0.6 is 23.4 Å². The molecule has 2 aromatic carbocycles. The van der Waals surface area contributed by atoms with Crippen LogP contribution in [0.4, 0.5) is 20.2 Å². The number of alkyl halides is 2. The highest BCUT2D eigenvalue weighted by Gasteiger charge is 2.17. The molecule has 0 aliphatic rings. The number of hydrogen-bond acceptors (Lipinski definition) is 5. The van der Waals surface area contributed by atoms with Crippen molar-refractivity contribution < 1.29 is 23.2 Å². The Morgan fingerprint density at radius 2 is 2.04 bits per heavy atom. The lowest BCUT2D eigenvalue weighted by molar-refractivity contribution is -0.387. The summed E-state index contributed by atoms with van der Waals surface area (Å²) < 4.78 is 28.6. The molecule has 0 aromatic heterocycles. The molecule has 10 heteroatoms. The molecule has 1 amide bonds. The summed E-state index contributed by atoms with van der Waals surface area (Å²) in [5.74, 6) is -0.830. The first kappa shape index (κ1) is 18.9. The molecule has 132 valence electrons. The fourth-order valence-corrected chi connectivity index (χ4v) is 2.72. The van der Waals surface area contributed by atoms with Crippen molar-refractivity contribution in [2.24, 2.45) is 0 Å². The molecule has 6 nitrogen and oxygen atoms in total. The number of nitrogens with zero attached hydrogens (tertiary/aromatic N) is 1. The van der Waals surface area contributed by atoms with Crippen LogP contribution in [0.3, 0.4) is 0 Å². The van der Waals surface area contributed by atoms with Crippen LogP contribution in [-0.2, 0) is 0 Å². The van der Waals surface area contributed by atoms with Gasteiger partial charge in [-0.2, -0.15) is 8.78 Å². The van der Waals surface area contributed by atoms with Crippen LogP contribution in [0.2, 0.25) is 5.02 Å². The van der Waals surface area contributed by atoms with Crippen molar-refractivity contribution in [3.8, 4) is 5.75 Å². The Bertz CT molecular complexity index is 820. The van der Waals surface area contributed by atoms with Crippen molar-refractivity contribution in [1.29, 1.82) is 0 Å². The Morgan fingerprint density at radius 1 is 1.32 bits per heavy atom. The van der Waals surface area contributed by atoms with Gasteiger partial charge in [-0.05, 0) is 36.6 Å². The first-order chi connectivity index (χ1) is 11.8. The second-order valence-corrected chi connectivity index (χ2v) is 5.88. The number of amides is 1. The number of thioether (sulfide) groups is 1. The molecule has 0 aliphatic carbocycles. The van der Waals surface area contributed by atoms with Gasteiger partial charge in [0, 0.05) is 17.3 Å². The molecule has 25 heavy (non-hydrogen) atoms. The summed E-state index contributed by atoms with van der Waals surface area (Å²) in [6, 6.07) is 7.84. The van der Waals surface area contributed by atoms with Gasteiger partial charge in [-0.3, -0.25) is 14.9 Å². The predicted molar refractivity (Wildman–Crippen MR) is 90.9 cm³/mol. The Morgan fingerprint density at radius 3 is 2.60 bits per heavy atom. The number of halogens is 3. The third-order valence-corrected chi connectivity index (χ3v) is 4.12. The van der Waals surface area contributed by atoms with E-state index in [-0.39, 0.29) is 27.7 Å². The maximum Gasteiger partial charge on any atom is 0.387 e. The van der Waals surface area contributed by atoms with Crippen LogP contribution in [-0.4, -0.2) is 23.7 Å². The number of nitrogens with one attached hydrogen (secondary N) is 1. The number of anilines is 1. The van der Waals surface area contributed by atoms with Gasteiger partial charge in [0.2, 0.25) is 0 Å². The predicted octanol–water partition coefficient (Wildman–Crippen LogP) is 4.82. The molecular formula is C15H11ClF2N2O4S. The molecule has 0 unspecified atom stereocenters. The second kappa shape index (κ2) is 8.13. The van der Waals surface area contributed by atoms with E-state index >= 15 is 0 Å². The van der Waals surface area contributed by atoms with Crippen LogP contribution in [0.5, 0.6) is 5.75 Å². The van der Waals surface area contributed by atoms with E-state index in [0.717, 1.165) is 6.07 Å². The summed E-state index contributed by atoms with van der Waals surface area (Å²) in [7, 11) is 0. The van der Waals surface area contributed by atoms with E-state index in [4.69, 9.17) is 11.6 Å². The molecule has 0 atom stereocenters. The fraction of sp³-hybridized carbons (Fsp3) is 0.133. The van der Waals surface area contributed by atoms with Gasteiger partial charge in [-0.25, -0.2) is 0 Å². The molecule has 0 saturated carbocycles. The van der Waals surface area contributed by atoms with Gasteiger partial charge in [-0.1, -0.05) is 11.6 Å². The summed E-state index contributed by atoms with van der Waals surface area (Å²) in [4.78, 5) is 23.1. The average Bonchev–Trinajstić information content (AvgIpc) is 2.56. The zero-order chi connectivity index (χ0) is 18.6. The summed E-state index contributed by atoms with van der Waals surface area (Å²) in [5, 5.41) is 13.4. The molecule has 1 N–H and O–H groups in total. The number of carbonyl (C=O) groups is 1. The normalized spacial score (nSPS) is 10.6. The highest BCUT2D eigenvalue weighted by atomic mass is 35.5. The number of hydrogen-bond donors (Lipinski definition) is 1. The number of nitro groups is 1. The van der Waals surface area contributed by atoms with Gasteiger partial charge in [0.1, 0.15) is 5.75 Å². The third-order valence-electron chi connectivity index (χ3n) is 3.04. The molecule has 0 bridgehead atoms. The number of nitro benzene ring substituents is 1. The van der Waals surface area contributed by atoms with E-state index in [9.17, 15) is 23.7 Å². The van der Waals surface area contributed by atoms with E-state index in [1.165, 1.54) is 42.1 Å². The van der Waals surface area contributed by atoms with Gasteiger partial charge in [0.25, 0.3) is 11.6 Å². The van der Waals surface area contributed by atoms with Crippen molar-refractivity contribution >= 4 is 40.6 Å². The molecule has 2 rings (SSSR count). The molecule has 0 fully saturated rings. The van der Waals surface area contributed by atoms with Crippen LogP contribution < -0.4 is 10.1 Å². The van der Waals surface area contributed by atoms with Crippen LogP contribution in [0.25, 0.3) is 0 Å². The number of benzene rings is 2. The van der Waals surface area contributed by atoms with Gasteiger partial charge >= 0.3 is 6.61 Å². The summed E-state index contributed by atoms with van der Waals surface area (Å²) in [6.45, 7) is -3.02. The Balaban J connectivity index is 2.21. The Kier molecular flexibility index (Phi) is 6.16. The fourth-order valence-electron chi connectivity index (χ4n) is 1.95. The van der Waals surface area contributed by atoms with E-state index < -0.39 is 17.4 Å². The zero-order valence-corrected chi connectivity index (χ0v) is 14.2. The number of rotatable bonds is 6. The van der Waals surface area contributed by atoms with Crippen molar-refractivity contribution in [3.05, 3.63) is 57.1 Å². The van der Waals surface area contributed by atoms with Crippen LogP contribution in [0, 0.1) is 10.1 Å². The van der Waals surface area contributed by atoms with Crippen molar-refractivity contribution in [3.63, 3.8) is 0 Å². The van der Waals surface area contributed by atoms with Gasteiger partial charge in [0.05, 0.1) is 14.8 Å². The monoisotopic (exact) mass is 388 g/mol. The summed E-state index contributed by atoms with van der Waals surface area (Å²) in [5.41, 5.74) is 0.126. The quantitative estimate of drug-likeness (QED) is 0.435. The molecule has 0 saturated heterocycles. The van der Waals surface area contributed by atoms with Gasteiger partial charge < -0.3 is 10.1 Å². The highest BCUT2D eigenvalue weighted by molar-refractivity contribution is 7.98. The standard InChI is InChI=1S/C15H11ClF2N2O4S/c1-25-13-5-2-8(6-11(13)20(22)23)14(21)19-9-3-4-12(10(16)7-9)24-15(17)18/h2-7,15H,1H3,(H,19,21). The van der Waals surface area contributed by atoms with Crippen LogP contribution in [0.1, 0.15) is 10.4 Å². The number of ether oxygens (including phenoxy) is 1. The third kappa shape index (κ3) is 4.80. The van der Waals surface area contributed by atoms with Crippen molar-refractivity contribution in [1.82, 2.24) is 0 Å². The first-order valence-electron chi connectivity index (χ1n) is 6.70. The lowest BCUT2D eigenvalue weighted by atomic mass is 10.2. The average molecular weight is 389 g/mol. The smallest absolute Gasteiger partial charge is 0.387 e. The summed E-state index contributed by atoms with van der Waals surface area (Å²) >= 11 is 7.00. The lowest BCUT2D eigenvalue weighted by Crippen LogP contribution is -2.12. The molecule has 0 spiro atoms. The second-order valence-electron chi connectivity index (χ2n) is 4.62. The number of carbonyl (C=O) groups excluding carboxylic acids is 1.